The number of ether oxygens (including phenoxy) is 1. The van der Waals surface area contributed by atoms with Crippen molar-refractivity contribution < 1.29 is 9.53 Å². The van der Waals surface area contributed by atoms with Crippen molar-refractivity contribution in [3.63, 3.8) is 0 Å². The fraction of sp³-hybridized carbons (Fsp3) is 0.714. The summed E-state index contributed by atoms with van der Waals surface area (Å²) in [5, 5.41) is 7.82. The zero-order valence-electron chi connectivity index (χ0n) is 11.6. The normalized spacial score (nSPS) is 16.5. The molecule has 1 heterocycles. The first-order chi connectivity index (χ1) is 9.29. The molecule has 2 rings (SSSR count). The van der Waals surface area contributed by atoms with E-state index in [0.717, 1.165) is 5.69 Å². The second-order valence-corrected chi connectivity index (χ2v) is 5.08. The van der Waals surface area contributed by atoms with E-state index >= 15 is 0 Å². The predicted octanol–water partition coefficient (Wildman–Crippen LogP) is 2.04. The fourth-order valence-corrected chi connectivity index (χ4v) is 2.53. The third-order valence-electron chi connectivity index (χ3n) is 3.65. The Morgan fingerprint density at radius 2 is 2.26 bits per heavy atom. The van der Waals surface area contributed by atoms with Gasteiger partial charge in [0.05, 0.1) is 25.3 Å². The smallest absolute Gasteiger partial charge is 0.306 e. The Morgan fingerprint density at radius 1 is 1.47 bits per heavy atom. The highest BCUT2D eigenvalue weighted by Crippen LogP contribution is 2.27. The van der Waals surface area contributed by atoms with Crippen LogP contribution in [0.25, 0.3) is 0 Å². The highest BCUT2D eigenvalue weighted by Gasteiger charge is 2.15. The van der Waals surface area contributed by atoms with Crippen LogP contribution in [-0.2, 0) is 16.1 Å². The lowest BCUT2D eigenvalue weighted by Crippen LogP contribution is -2.19. The van der Waals surface area contributed by atoms with Gasteiger partial charge in [0.15, 0.2) is 0 Å². The third-order valence-corrected chi connectivity index (χ3v) is 3.65. The van der Waals surface area contributed by atoms with E-state index in [-0.39, 0.29) is 5.97 Å². The summed E-state index contributed by atoms with van der Waals surface area (Å²) >= 11 is 0. The molecule has 0 spiro atoms. The highest BCUT2D eigenvalue weighted by molar-refractivity contribution is 5.69. The Labute approximate surface area is 114 Å². The largest absolute Gasteiger partial charge is 0.469 e. The van der Waals surface area contributed by atoms with E-state index in [4.69, 9.17) is 0 Å². The van der Waals surface area contributed by atoms with Gasteiger partial charge in [0.25, 0.3) is 0 Å². The molecule has 1 aromatic heterocycles. The molecule has 1 aliphatic rings. The molecule has 19 heavy (non-hydrogen) atoms. The Bertz CT molecular complexity index is 397. The number of hydrogen-bond acceptors (Lipinski definition) is 4. The van der Waals surface area contributed by atoms with Crippen molar-refractivity contribution in [3.05, 3.63) is 18.0 Å². The van der Waals surface area contributed by atoms with Crippen molar-refractivity contribution in [3.8, 4) is 0 Å². The minimum Gasteiger partial charge on any atom is -0.469 e. The molecular weight excluding hydrogens is 242 g/mol. The van der Waals surface area contributed by atoms with Gasteiger partial charge in [0.1, 0.15) is 0 Å². The van der Waals surface area contributed by atoms with E-state index in [0.29, 0.717) is 25.6 Å². The van der Waals surface area contributed by atoms with Crippen LogP contribution in [0.5, 0.6) is 0 Å². The Kier molecular flexibility index (Phi) is 5.39. The van der Waals surface area contributed by atoms with Gasteiger partial charge in [0, 0.05) is 19.3 Å². The Hall–Kier alpha value is -1.36. The molecule has 1 aliphatic carbocycles. The maximum atomic E-state index is 11.0. The van der Waals surface area contributed by atoms with E-state index in [2.05, 4.69) is 32.1 Å². The van der Waals surface area contributed by atoms with E-state index in [1.807, 2.05) is 0 Å². The summed E-state index contributed by atoms with van der Waals surface area (Å²) in [4.78, 5) is 11.0. The first kappa shape index (κ1) is 14.1. The van der Waals surface area contributed by atoms with Gasteiger partial charge in [-0.1, -0.05) is 19.3 Å². The first-order valence-corrected chi connectivity index (χ1v) is 7.11. The van der Waals surface area contributed by atoms with Crippen LogP contribution in [0, 0.1) is 0 Å². The predicted molar refractivity (Wildman–Crippen MR) is 72.7 cm³/mol. The maximum absolute atomic E-state index is 11.0. The van der Waals surface area contributed by atoms with Gasteiger partial charge in [-0.15, -0.1) is 0 Å². The Balaban J connectivity index is 1.72. The van der Waals surface area contributed by atoms with Crippen LogP contribution in [0.4, 0.5) is 0 Å². The number of carbonyl (C=O) groups excluding carboxylic acids is 1. The fourth-order valence-electron chi connectivity index (χ4n) is 2.53. The summed E-state index contributed by atoms with van der Waals surface area (Å²) in [6.07, 6.45) is 8.97. The lowest BCUT2D eigenvalue weighted by Gasteiger charge is -2.21. The van der Waals surface area contributed by atoms with Gasteiger partial charge in [-0.3, -0.25) is 9.48 Å². The van der Waals surface area contributed by atoms with Crippen molar-refractivity contribution in [2.24, 2.45) is 0 Å². The molecule has 5 nitrogen and oxygen atoms in total. The van der Waals surface area contributed by atoms with Crippen molar-refractivity contribution in [2.45, 2.75) is 51.1 Å². The zero-order chi connectivity index (χ0) is 13.5. The standard InChI is InChI=1S/C14H23N3O2/c1-19-14(18)7-9-15-11-12-8-10-17(16-12)13-5-3-2-4-6-13/h8,10,13,15H,2-7,9,11H2,1H3. The molecule has 1 N–H and O–H groups in total. The molecule has 1 fully saturated rings. The van der Waals surface area contributed by atoms with Gasteiger partial charge in [-0.05, 0) is 18.9 Å². The molecule has 5 heteroatoms. The molecule has 0 saturated heterocycles. The van der Waals surface area contributed by atoms with Crippen molar-refractivity contribution in [2.75, 3.05) is 13.7 Å². The number of nitrogens with zero attached hydrogens (tertiary/aromatic N) is 2. The minimum atomic E-state index is -0.180. The summed E-state index contributed by atoms with van der Waals surface area (Å²) in [5.74, 6) is -0.180. The molecule has 0 atom stereocenters. The zero-order valence-corrected chi connectivity index (χ0v) is 11.6. The third kappa shape index (κ3) is 4.35. The molecule has 0 aromatic carbocycles. The van der Waals surface area contributed by atoms with E-state index in [9.17, 15) is 4.79 Å². The highest BCUT2D eigenvalue weighted by atomic mass is 16.5. The van der Waals surface area contributed by atoms with Crippen molar-refractivity contribution in [1.82, 2.24) is 15.1 Å². The van der Waals surface area contributed by atoms with Gasteiger partial charge >= 0.3 is 5.97 Å². The van der Waals surface area contributed by atoms with Crippen LogP contribution in [0.1, 0.15) is 50.3 Å². The topological polar surface area (TPSA) is 56.1 Å². The molecule has 1 saturated carbocycles. The van der Waals surface area contributed by atoms with Crippen LogP contribution in [-0.4, -0.2) is 29.4 Å². The van der Waals surface area contributed by atoms with Crippen LogP contribution in [0.15, 0.2) is 12.3 Å². The van der Waals surface area contributed by atoms with E-state index in [1.165, 1.54) is 39.2 Å². The first-order valence-electron chi connectivity index (χ1n) is 7.11. The molecule has 1 aromatic rings. The van der Waals surface area contributed by atoms with Gasteiger partial charge in [0.2, 0.25) is 0 Å². The van der Waals surface area contributed by atoms with Crippen molar-refractivity contribution >= 4 is 5.97 Å². The van der Waals surface area contributed by atoms with E-state index < -0.39 is 0 Å². The number of esters is 1. The van der Waals surface area contributed by atoms with Crippen LogP contribution in [0.2, 0.25) is 0 Å². The summed E-state index contributed by atoms with van der Waals surface area (Å²) in [7, 11) is 1.41. The monoisotopic (exact) mass is 265 g/mol. The van der Waals surface area contributed by atoms with E-state index in [1.54, 1.807) is 0 Å². The van der Waals surface area contributed by atoms with Crippen LogP contribution < -0.4 is 5.32 Å². The summed E-state index contributed by atoms with van der Waals surface area (Å²) in [5.41, 5.74) is 1.04. The summed E-state index contributed by atoms with van der Waals surface area (Å²) in [6.45, 7) is 1.33. The second kappa shape index (κ2) is 7.28. The second-order valence-electron chi connectivity index (χ2n) is 5.08. The number of aromatic nitrogens is 2. The molecule has 0 unspecified atom stereocenters. The van der Waals surface area contributed by atoms with Crippen molar-refractivity contribution in [1.29, 1.82) is 0 Å². The SMILES string of the molecule is COC(=O)CCNCc1ccn(C2CCCCC2)n1. The minimum absolute atomic E-state index is 0.180. The lowest BCUT2D eigenvalue weighted by molar-refractivity contribution is -0.140. The summed E-state index contributed by atoms with van der Waals surface area (Å²) < 4.78 is 6.69. The molecule has 0 radical (unpaired) electrons. The molecule has 0 amide bonds. The average Bonchev–Trinajstić information content (AvgIpc) is 2.93. The average molecular weight is 265 g/mol. The number of methoxy groups -OCH3 is 1. The maximum Gasteiger partial charge on any atom is 0.306 e. The van der Waals surface area contributed by atoms with Gasteiger partial charge in [-0.2, -0.15) is 5.10 Å². The van der Waals surface area contributed by atoms with Gasteiger partial charge < -0.3 is 10.1 Å². The molecule has 106 valence electrons. The Morgan fingerprint density at radius 3 is 3.00 bits per heavy atom. The molecule has 0 bridgehead atoms. The van der Waals surface area contributed by atoms with Gasteiger partial charge in [-0.25, -0.2) is 0 Å². The number of nitrogens with one attached hydrogen (secondary N) is 1. The quantitative estimate of drug-likeness (QED) is 0.631. The van der Waals surface area contributed by atoms with Crippen LogP contribution >= 0.6 is 0 Å². The molecule has 0 aliphatic heterocycles. The number of rotatable bonds is 6. The van der Waals surface area contributed by atoms with Crippen LogP contribution in [0.3, 0.4) is 0 Å². The number of hydrogen-bond donors (Lipinski definition) is 1. The molecular formula is C14H23N3O2. The lowest BCUT2D eigenvalue weighted by atomic mass is 9.96. The number of carbonyl (C=O) groups is 1. The summed E-state index contributed by atoms with van der Waals surface area (Å²) in [6, 6.07) is 2.64.